The SMILES string of the molecule is CCOc1ccc(NC(=O)c2ccc(Nc3ccc(C(C)=O)cc3[N+](=O)[O-])cc2)cc1. The van der Waals surface area contributed by atoms with Crippen LogP contribution in [0.4, 0.5) is 22.7 Å². The van der Waals surface area contributed by atoms with Crippen molar-refractivity contribution in [2.45, 2.75) is 13.8 Å². The summed E-state index contributed by atoms with van der Waals surface area (Å²) in [5, 5.41) is 17.1. The van der Waals surface area contributed by atoms with Crippen molar-refractivity contribution in [3.05, 3.63) is 88.0 Å². The average Bonchev–Trinajstić information content (AvgIpc) is 2.75. The number of ether oxygens (including phenoxy) is 1. The number of rotatable bonds is 8. The molecule has 0 atom stereocenters. The van der Waals surface area contributed by atoms with Crippen LogP contribution in [0.3, 0.4) is 0 Å². The number of nitrogens with one attached hydrogen (secondary N) is 2. The Morgan fingerprint density at radius 2 is 1.55 bits per heavy atom. The Balaban J connectivity index is 1.71. The van der Waals surface area contributed by atoms with Crippen LogP contribution in [0.2, 0.25) is 0 Å². The molecule has 0 aliphatic carbocycles. The minimum Gasteiger partial charge on any atom is -0.494 e. The third kappa shape index (κ3) is 5.45. The number of hydrogen-bond acceptors (Lipinski definition) is 6. The van der Waals surface area contributed by atoms with E-state index < -0.39 is 4.92 Å². The Kier molecular flexibility index (Phi) is 6.61. The van der Waals surface area contributed by atoms with Crippen LogP contribution < -0.4 is 15.4 Å². The molecule has 0 unspecified atom stereocenters. The zero-order valence-corrected chi connectivity index (χ0v) is 17.0. The van der Waals surface area contributed by atoms with Crippen molar-refractivity contribution in [3.63, 3.8) is 0 Å². The van der Waals surface area contributed by atoms with Crippen LogP contribution in [0, 0.1) is 10.1 Å². The van der Waals surface area contributed by atoms with Crippen molar-refractivity contribution >= 4 is 34.4 Å². The summed E-state index contributed by atoms with van der Waals surface area (Å²) in [6.45, 7) is 3.81. The molecule has 0 aliphatic rings. The smallest absolute Gasteiger partial charge is 0.293 e. The van der Waals surface area contributed by atoms with Gasteiger partial charge >= 0.3 is 0 Å². The zero-order chi connectivity index (χ0) is 22.4. The number of nitro groups is 1. The summed E-state index contributed by atoms with van der Waals surface area (Å²) in [7, 11) is 0. The van der Waals surface area contributed by atoms with E-state index in [0.29, 0.717) is 23.5 Å². The van der Waals surface area contributed by atoms with Crippen molar-refractivity contribution in [1.29, 1.82) is 0 Å². The van der Waals surface area contributed by atoms with Crippen LogP contribution in [-0.4, -0.2) is 23.2 Å². The number of nitro benzene ring substituents is 1. The summed E-state index contributed by atoms with van der Waals surface area (Å²) < 4.78 is 5.38. The van der Waals surface area contributed by atoms with Gasteiger partial charge in [-0.15, -0.1) is 0 Å². The Hall–Kier alpha value is -4.20. The fourth-order valence-corrected chi connectivity index (χ4v) is 2.87. The summed E-state index contributed by atoms with van der Waals surface area (Å²) in [5.41, 5.74) is 1.94. The molecule has 0 heterocycles. The maximum atomic E-state index is 12.5. The highest BCUT2D eigenvalue weighted by Gasteiger charge is 2.16. The molecule has 0 saturated carbocycles. The van der Waals surface area contributed by atoms with Crippen LogP contribution in [0.25, 0.3) is 0 Å². The normalized spacial score (nSPS) is 10.3. The first-order valence-corrected chi connectivity index (χ1v) is 9.58. The highest BCUT2D eigenvalue weighted by Crippen LogP contribution is 2.29. The van der Waals surface area contributed by atoms with Gasteiger partial charge in [-0.05, 0) is 74.5 Å². The lowest BCUT2D eigenvalue weighted by Crippen LogP contribution is -2.11. The zero-order valence-electron chi connectivity index (χ0n) is 17.0. The van der Waals surface area contributed by atoms with E-state index in [2.05, 4.69) is 10.6 Å². The van der Waals surface area contributed by atoms with E-state index in [1.165, 1.54) is 25.1 Å². The number of nitrogens with zero attached hydrogens (tertiary/aromatic N) is 1. The number of ketones is 1. The number of Topliss-reactive ketones (excluding diaryl/α,β-unsaturated/α-hetero) is 1. The van der Waals surface area contributed by atoms with Gasteiger partial charge in [0.05, 0.1) is 11.5 Å². The number of carbonyl (C=O) groups is 2. The topological polar surface area (TPSA) is 111 Å². The van der Waals surface area contributed by atoms with E-state index in [4.69, 9.17) is 4.74 Å². The van der Waals surface area contributed by atoms with E-state index in [0.717, 1.165) is 5.75 Å². The molecule has 158 valence electrons. The molecule has 31 heavy (non-hydrogen) atoms. The van der Waals surface area contributed by atoms with E-state index >= 15 is 0 Å². The Morgan fingerprint density at radius 3 is 2.13 bits per heavy atom. The lowest BCUT2D eigenvalue weighted by Gasteiger charge is -2.10. The fourth-order valence-electron chi connectivity index (χ4n) is 2.87. The van der Waals surface area contributed by atoms with Gasteiger partial charge in [0.1, 0.15) is 11.4 Å². The summed E-state index contributed by atoms with van der Waals surface area (Å²) in [5.74, 6) is 0.186. The third-order valence-corrected chi connectivity index (χ3v) is 4.45. The minimum absolute atomic E-state index is 0.204. The molecule has 0 radical (unpaired) electrons. The molecule has 0 fully saturated rings. The number of benzene rings is 3. The second-order valence-corrected chi connectivity index (χ2v) is 6.66. The number of hydrogen-bond donors (Lipinski definition) is 2. The maximum Gasteiger partial charge on any atom is 0.293 e. The summed E-state index contributed by atoms with van der Waals surface area (Å²) in [6, 6.07) is 17.8. The van der Waals surface area contributed by atoms with Gasteiger partial charge in [0, 0.05) is 28.6 Å². The molecule has 3 aromatic rings. The molecule has 1 amide bonds. The molecular weight excluding hydrogens is 398 g/mol. The van der Waals surface area contributed by atoms with Crippen LogP contribution in [0.5, 0.6) is 5.75 Å². The number of anilines is 3. The molecule has 0 aromatic heterocycles. The van der Waals surface area contributed by atoms with Gasteiger partial charge in [0.25, 0.3) is 11.6 Å². The first-order valence-electron chi connectivity index (χ1n) is 9.58. The van der Waals surface area contributed by atoms with Crippen LogP contribution in [0.15, 0.2) is 66.7 Å². The summed E-state index contributed by atoms with van der Waals surface area (Å²) in [6.07, 6.45) is 0. The first-order chi connectivity index (χ1) is 14.9. The van der Waals surface area contributed by atoms with Gasteiger partial charge < -0.3 is 15.4 Å². The van der Waals surface area contributed by atoms with Crippen molar-refractivity contribution in [2.24, 2.45) is 0 Å². The van der Waals surface area contributed by atoms with Crippen molar-refractivity contribution in [3.8, 4) is 5.75 Å². The van der Waals surface area contributed by atoms with Gasteiger partial charge in [-0.2, -0.15) is 0 Å². The van der Waals surface area contributed by atoms with Crippen molar-refractivity contribution < 1.29 is 19.2 Å². The molecule has 3 rings (SSSR count). The number of amides is 1. The number of carbonyl (C=O) groups excluding carboxylic acids is 2. The van der Waals surface area contributed by atoms with E-state index in [9.17, 15) is 19.7 Å². The summed E-state index contributed by atoms with van der Waals surface area (Å²) >= 11 is 0. The van der Waals surface area contributed by atoms with Gasteiger partial charge in [0.2, 0.25) is 0 Å². The van der Waals surface area contributed by atoms with Crippen molar-refractivity contribution in [2.75, 3.05) is 17.2 Å². The molecule has 0 spiro atoms. The van der Waals surface area contributed by atoms with Gasteiger partial charge in [0.15, 0.2) is 5.78 Å². The Labute approximate surface area is 179 Å². The quantitative estimate of drug-likeness (QED) is 0.295. The molecule has 3 aromatic carbocycles. The standard InChI is InChI=1S/C23H21N3O5/c1-3-31-20-11-9-19(10-12-20)25-23(28)16-4-7-18(8-5-16)24-21-13-6-17(15(2)27)14-22(21)26(29)30/h4-14,24H,3H2,1-2H3,(H,25,28). The monoisotopic (exact) mass is 419 g/mol. The van der Waals surface area contributed by atoms with Gasteiger partial charge in [-0.3, -0.25) is 19.7 Å². The second kappa shape index (κ2) is 9.53. The average molecular weight is 419 g/mol. The highest BCUT2D eigenvalue weighted by molar-refractivity contribution is 6.04. The van der Waals surface area contributed by atoms with Gasteiger partial charge in [-0.1, -0.05) is 0 Å². The van der Waals surface area contributed by atoms with E-state index in [-0.39, 0.29) is 28.6 Å². The van der Waals surface area contributed by atoms with Crippen LogP contribution >= 0.6 is 0 Å². The minimum atomic E-state index is -0.548. The fraction of sp³-hybridized carbons (Fsp3) is 0.130. The lowest BCUT2D eigenvalue weighted by molar-refractivity contribution is -0.383. The highest BCUT2D eigenvalue weighted by atomic mass is 16.6. The molecule has 0 bridgehead atoms. The molecule has 8 heteroatoms. The van der Waals surface area contributed by atoms with E-state index in [1.54, 1.807) is 48.5 Å². The van der Waals surface area contributed by atoms with Crippen molar-refractivity contribution in [1.82, 2.24) is 0 Å². The lowest BCUT2D eigenvalue weighted by atomic mass is 10.1. The predicted molar refractivity (Wildman–Crippen MR) is 118 cm³/mol. The first kappa shape index (κ1) is 21.5. The third-order valence-electron chi connectivity index (χ3n) is 4.45. The summed E-state index contributed by atoms with van der Waals surface area (Å²) in [4.78, 5) is 34.7. The van der Waals surface area contributed by atoms with Crippen LogP contribution in [0.1, 0.15) is 34.6 Å². The molecule has 8 nitrogen and oxygen atoms in total. The molecule has 2 N–H and O–H groups in total. The van der Waals surface area contributed by atoms with Crippen LogP contribution in [-0.2, 0) is 0 Å². The second-order valence-electron chi connectivity index (χ2n) is 6.66. The molecule has 0 saturated heterocycles. The molecule has 0 aliphatic heterocycles. The van der Waals surface area contributed by atoms with E-state index in [1.807, 2.05) is 6.92 Å². The van der Waals surface area contributed by atoms with Gasteiger partial charge in [-0.25, -0.2) is 0 Å². The Morgan fingerprint density at radius 1 is 0.935 bits per heavy atom. The maximum absolute atomic E-state index is 12.5. The largest absolute Gasteiger partial charge is 0.494 e. The molecular formula is C23H21N3O5. The Bertz CT molecular complexity index is 1110. The predicted octanol–water partition coefficient (Wildman–Crippen LogP) is 5.19.